The van der Waals surface area contributed by atoms with E-state index in [1.807, 2.05) is 6.92 Å². The van der Waals surface area contributed by atoms with Crippen LogP contribution in [-0.2, 0) is 6.42 Å². The molecule has 1 aromatic heterocycles. The third-order valence-corrected chi connectivity index (χ3v) is 3.63. The van der Waals surface area contributed by atoms with Crippen molar-refractivity contribution in [2.45, 2.75) is 13.3 Å². The molecule has 0 amide bonds. The van der Waals surface area contributed by atoms with Gasteiger partial charge in [0.1, 0.15) is 5.02 Å². The molecule has 2 rings (SSSR count). The number of hydrogen-bond donors (Lipinski definition) is 0. The summed E-state index contributed by atoms with van der Waals surface area (Å²) in [5.41, 5.74) is 0.653. The van der Waals surface area contributed by atoms with Gasteiger partial charge in [0, 0.05) is 6.07 Å². The van der Waals surface area contributed by atoms with Crippen LogP contribution in [-0.4, -0.2) is 9.91 Å². The molecule has 0 spiro atoms. The van der Waals surface area contributed by atoms with Gasteiger partial charge >= 0.3 is 5.69 Å². The highest BCUT2D eigenvalue weighted by Gasteiger charge is 2.19. The molecule has 8 heteroatoms. The first-order valence-corrected chi connectivity index (χ1v) is 7.02. The zero-order chi connectivity index (χ0) is 15.6. The Bertz CT molecular complexity index is 707. The fourth-order valence-electron chi connectivity index (χ4n) is 1.62. The average molecular weight is 348 g/mol. The van der Waals surface area contributed by atoms with Crippen LogP contribution in [0.2, 0.25) is 15.2 Å². The van der Waals surface area contributed by atoms with Gasteiger partial charge in [0.2, 0.25) is 11.6 Å². The molecule has 0 saturated carbocycles. The summed E-state index contributed by atoms with van der Waals surface area (Å²) in [5.74, 6) is -0.0107. The summed E-state index contributed by atoms with van der Waals surface area (Å²) < 4.78 is 5.41. The second-order valence-electron chi connectivity index (χ2n) is 4.06. The number of nitro benzene ring substituents is 1. The molecule has 2 aromatic rings. The van der Waals surface area contributed by atoms with E-state index in [0.29, 0.717) is 6.42 Å². The van der Waals surface area contributed by atoms with E-state index in [1.54, 1.807) is 6.07 Å². The number of nitrogens with zero attached hydrogens (tertiary/aromatic N) is 2. The molecule has 0 atom stereocenters. The Labute approximate surface area is 135 Å². The Morgan fingerprint density at radius 1 is 1.24 bits per heavy atom. The molecular formula is C13H9Cl3N2O3. The van der Waals surface area contributed by atoms with Crippen LogP contribution < -0.4 is 4.74 Å². The lowest BCUT2D eigenvalue weighted by molar-refractivity contribution is -0.385. The Kier molecular flexibility index (Phi) is 4.88. The fraction of sp³-hybridized carbons (Fsp3) is 0.154. The third kappa shape index (κ3) is 3.56. The van der Waals surface area contributed by atoms with Crippen LogP contribution in [0.5, 0.6) is 11.6 Å². The Hall–Kier alpha value is -1.56. The van der Waals surface area contributed by atoms with Crippen molar-refractivity contribution in [2.24, 2.45) is 0 Å². The quantitative estimate of drug-likeness (QED) is 0.427. The van der Waals surface area contributed by atoms with Gasteiger partial charge in [-0.15, -0.1) is 0 Å². The molecule has 0 radical (unpaired) electrons. The van der Waals surface area contributed by atoms with Crippen molar-refractivity contribution in [1.29, 1.82) is 0 Å². The Balaban J connectivity index is 2.44. The molecule has 5 nitrogen and oxygen atoms in total. The van der Waals surface area contributed by atoms with Gasteiger partial charge in [0.15, 0.2) is 5.15 Å². The number of aryl methyl sites for hydroxylation is 1. The number of rotatable bonds is 4. The summed E-state index contributed by atoms with van der Waals surface area (Å²) in [6.45, 7) is 1.90. The summed E-state index contributed by atoms with van der Waals surface area (Å²) in [6, 6.07) is 6.03. The van der Waals surface area contributed by atoms with Gasteiger partial charge in [-0.25, -0.2) is 0 Å². The van der Waals surface area contributed by atoms with Crippen molar-refractivity contribution >= 4 is 40.5 Å². The lowest BCUT2D eigenvalue weighted by atomic mass is 10.1. The zero-order valence-electron chi connectivity index (χ0n) is 10.8. The fourth-order valence-corrected chi connectivity index (χ4v) is 2.14. The van der Waals surface area contributed by atoms with Gasteiger partial charge in [0.25, 0.3) is 0 Å². The number of pyridine rings is 1. The minimum Gasteiger partial charge on any atom is -0.430 e. The molecule has 21 heavy (non-hydrogen) atoms. The van der Waals surface area contributed by atoms with Gasteiger partial charge in [-0.1, -0.05) is 47.8 Å². The van der Waals surface area contributed by atoms with Crippen molar-refractivity contribution in [2.75, 3.05) is 0 Å². The molecule has 0 aliphatic rings. The van der Waals surface area contributed by atoms with Gasteiger partial charge in [-0.2, -0.15) is 4.98 Å². The number of benzene rings is 1. The van der Waals surface area contributed by atoms with E-state index in [4.69, 9.17) is 39.5 Å². The van der Waals surface area contributed by atoms with E-state index in [-0.39, 0.29) is 32.5 Å². The summed E-state index contributed by atoms with van der Waals surface area (Å²) in [7, 11) is 0. The monoisotopic (exact) mass is 346 g/mol. The standard InChI is InChI=1S/C13H9Cl3N2O3/c1-2-7-3-4-11(10(5-7)18(19)20)21-13-9(15)6-8(14)12(16)17-13/h3-6H,2H2,1H3. The maximum absolute atomic E-state index is 11.1. The van der Waals surface area contributed by atoms with E-state index < -0.39 is 4.92 Å². The largest absolute Gasteiger partial charge is 0.430 e. The number of aromatic nitrogens is 1. The molecule has 0 unspecified atom stereocenters. The van der Waals surface area contributed by atoms with Crippen molar-refractivity contribution in [1.82, 2.24) is 4.98 Å². The van der Waals surface area contributed by atoms with Crippen molar-refractivity contribution in [3.63, 3.8) is 0 Å². The van der Waals surface area contributed by atoms with Crippen LogP contribution in [0.3, 0.4) is 0 Å². The molecule has 0 aliphatic carbocycles. The third-order valence-electron chi connectivity index (χ3n) is 2.69. The van der Waals surface area contributed by atoms with E-state index in [1.165, 1.54) is 18.2 Å². The van der Waals surface area contributed by atoms with Gasteiger partial charge < -0.3 is 4.74 Å². The lowest BCUT2D eigenvalue weighted by Crippen LogP contribution is -1.97. The van der Waals surface area contributed by atoms with Crippen molar-refractivity contribution in [3.8, 4) is 11.6 Å². The first-order valence-electron chi connectivity index (χ1n) is 5.89. The minimum absolute atomic E-state index is 0.00361. The number of nitro groups is 1. The number of ether oxygens (including phenoxy) is 1. The predicted octanol–water partition coefficient (Wildman–Crippen LogP) is 5.30. The molecule has 0 aliphatic heterocycles. The molecule has 1 heterocycles. The number of hydrogen-bond acceptors (Lipinski definition) is 4. The number of halogens is 3. The molecular weight excluding hydrogens is 339 g/mol. The van der Waals surface area contributed by atoms with E-state index in [9.17, 15) is 10.1 Å². The summed E-state index contributed by atoms with van der Waals surface area (Å²) in [4.78, 5) is 14.5. The summed E-state index contributed by atoms with van der Waals surface area (Å²) in [6.07, 6.45) is 0.674. The molecule has 0 N–H and O–H groups in total. The lowest BCUT2D eigenvalue weighted by Gasteiger charge is -2.09. The van der Waals surface area contributed by atoms with E-state index >= 15 is 0 Å². The van der Waals surface area contributed by atoms with Gasteiger partial charge in [-0.05, 0) is 24.1 Å². The second kappa shape index (κ2) is 6.47. The molecule has 110 valence electrons. The highest BCUT2D eigenvalue weighted by molar-refractivity contribution is 6.42. The second-order valence-corrected chi connectivity index (χ2v) is 5.24. The summed E-state index contributed by atoms with van der Waals surface area (Å²) in [5, 5.41) is 11.4. The topological polar surface area (TPSA) is 65.3 Å². The van der Waals surface area contributed by atoms with Crippen LogP contribution in [0, 0.1) is 10.1 Å². The predicted molar refractivity (Wildman–Crippen MR) is 81.8 cm³/mol. The van der Waals surface area contributed by atoms with Crippen LogP contribution in [0.4, 0.5) is 5.69 Å². The zero-order valence-corrected chi connectivity index (χ0v) is 13.0. The van der Waals surface area contributed by atoms with Gasteiger partial charge in [0.05, 0.1) is 9.95 Å². The smallest absolute Gasteiger partial charge is 0.311 e. The SMILES string of the molecule is CCc1ccc(Oc2nc(Cl)c(Cl)cc2Cl)c([N+](=O)[O-])c1. The molecule has 0 bridgehead atoms. The highest BCUT2D eigenvalue weighted by Crippen LogP contribution is 2.37. The van der Waals surface area contributed by atoms with Crippen LogP contribution in [0.1, 0.15) is 12.5 Å². The van der Waals surface area contributed by atoms with E-state index in [2.05, 4.69) is 4.98 Å². The minimum atomic E-state index is -0.528. The maximum Gasteiger partial charge on any atom is 0.311 e. The van der Waals surface area contributed by atoms with Gasteiger partial charge in [-0.3, -0.25) is 10.1 Å². The van der Waals surface area contributed by atoms with Crippen LogP contribution in [0.25, 0.3) is 0 Å². The normalized spacial score (nSPS) is 10.5. The van der Waals surface area contributed by atoms with Crippen LogP contribution in [0.15, 0.2) is 24.3 Å². The first-order chi connectivity index (χ1) is 9.92. The Morgan fingerprint density at radius 3 is 2.57 bits per heavy atom. The van der Waals surface area contributed by atoms with Crippen LogP contribution >= 0.6 is 34.8 Å². The maximum atomic E-state index is 11.1. The Morgan fingerprint density at radius 2 is 1.95 bits per heavy atom. The molecule has 1 aromatic carbocycles. The van der Waals surface area contributed by atoms with Crippen molar-refractivity contribution < 1.29 is 9.66 Å². The molecule has 0 fully saturated rings. The van der Waals surface area contributed by atoms with Crippen molar-refractivity contribution in [3.05, 3.63) is 55.1 Å². The summed E-state index contributed by atoms with van der Waals surface area (Å²) >= 11 is 17.5. The first kappa shape index (κ1) is 15.8. The van der Waals surface area contributed by atoms with E-state index in [0.717, 1.165) is 5.56 Å². The molecule has 0 saturated heterocycles. The highest BCUT2D eigenvalue weighted by atomic mass is 35.5. The average Bonchev–Trinajstić information content (AvgIpc) is 2.44.